The number of hydrogen-bond acceptors (Lipinski definition) is 5. The fourth-order valence-corrected chi connectivity index (χ4v) is 6.48. The third kappa shape index (κ3) is 7.01. The molecule has 1 fully saturated rings. The standard InChI is InChI=1S/C31H37N3O5S/c1-24(31(36)32-26-15-9-10-16-26)33(22-21-25-13-5-3-6-14-25)30(35)23-34(28-19-11-12-20-29(28)39-2)40(37,38)27-17-7-4-8-18-27/h3-8,11-14,17-20,24,26H,9-10,15-16,21-23H2,1-2H3,(H,32,36). The van der Waals surface area contributed by atoms with Crippen molar-refractivity contribution in [2.75, 3.05) is 24.5 Å². The number of nitrogens with one attached hydrogen (secondary N) is 1. The lowest BCUT2D eigenvalue weighted by Crippen LogP contribution is -2.53. The minimum atomic E-state index is -4.14. The number of para-hydroxylation sites is 2. The van der Waals surface area contributed by atoms with Crippen molar-refractivity contribution in [3.05, 3.63) is 90.5 Å². The molecule has 0 heterocycles. The van der Waals surface area contributed by atoms with Gasteiger partial charge in [0.15, 0.2) is 0 Å². The Morgan fingerprint density at radius 2 is 1.52 bits per heavy atom. The monoisotopic (exact) mass is 563 g/mol. The quantitative estimate of drug-likeness (QED) is 0.352. The van der Waals surface area contributed by atoms with E-state index in [-0.39, 0.29) is 29.1 Å². The van der Waals surface area contributed by atoms with Crippen LogP contribution in [-0.4, -0.2) is 57.4 Å². The molecule has 1 aliphatic rings. The molecule has 8 nitrogen and oxygen atoms in total. The summed E-state index contributed by atoms with van der Waals surface area (Å²) in [4.78, 5) is 28.8. The zero-order chi connectivity index (χ0) is 28.5. The summed E-state index contributed by atoms with van der Waals surface area (Å²) >= 11 is 0. The second kappa shape index (κ2) is 13.5. The number of benzene rings is 3. The summed E-state index contributed by atoms with van der Waals surface area (Å²) in [5, 5.41) is 3.09. The van der Waals surface area contributed by atoms with Gasteiger partial charge in [0.05, 0.1) is 17.7 Å². The molecule has 0 spiro atoms. The minimum Gasteiger partial charge on any atom is -0.495 e. The Kier molecular flexibility index (Phi) is 9.82. The van der Waals surface area contributed by atoms with Crippen molar-refractivity contribution in [3.63, 3.8) is 0 Å². The molecule has 0 aliphatic heterocycles. The van der Waals surface area contributed by atoms with Crippen LogP contribution in [0.2, 0.25) is 0 Å². The Balaban J connectivity index is 1.66. The third-order valence-electron chi connectivity index (χ3n) is 7.32. The molecule has 0 aromatic heterocycles. The molecule has 1 unspecified atom stereocenters. The van der Waals surface area contributed by atoms with Gasteiger partial charge in [-0.15, -0.1) is 0 Å². The average molecular weight is 564 g/mol. The number of sulfonamides is 1. The van der Waals surface area contributed by atoms with Gasteiger partial charge in [-0.1, -0.05) is 73.5 Å². The Labute approximate surface area is 237 Å². The number of hydrogen-bond donors (Lipinski definition) is 1. The smallest absolute Gasteiger partial charge is 0.264 e. The Hall–Kier alpha value is -3.85. The van der Waals surface area contributed by atoms with E-state index in [0.29, 0.717) is 12.2 Å². The summed E-state index contributed by atoms with van der Waals surface area (Å²) in [6, 6.07) is 23.7. The van der Waals surface area contributed by atoms with Crippen molar-refractivity contribution < 1.29 is 22.7 Å². The molecule has 3 aromatic rings. The number of ether oxygens (including phenoxy) is 1. The molecular formula is C31H37N3O5S. The minimum absolute atomic E-state index is 0.0524. The fraction of sp³-hybridized carbons (Fsp3) is 0.355. The predicted octanol–water partition coefficient (Wildman–Crippen LogP) is 4.41. The van der Waals surface area contributed by atoms with Gasteiger partial charge in [0, 0.05) is 12.6 Å². The molecule has 212 valence electrons. The van der Waals surface area contributed by atoms with Crippen LogP contribution in [-0.2, 0) is 26.0 Å². The van der Waals surface area contributed by atoms with Gasteiger partial charge in [0.1, 0.15) is 18.3 Å². The number of methoxy groups -OCH3 is 1. The molecule has 2 amide bonds. The van der Waals surface area contributed by atoms with Crippen LogP contribution < -0.4 is 14.4 Å². The Bertz CT molecular complexity index is 1380. The number of nitrogens with zero attached hydrogens (tertiary/aromatic N) is 2. The van der Waals surface area contributed by atoms with E-state index in [1.54, 1.807) is 49.4 Å². The molecule has 1 aliphatic carbocycles. The van der Waals surface area contributed by atoms with Crippen molar-refractivity contribution in [1.29, 1.82) is 0 Å². The number of amides is 2. The molecule has 9 heteroatoms. The number of carbonyl (C=O) groups is 2. The van der Waals surface area contributed by atoms with Crippen molar-refractivity contribution in [1.82, 2.24) is 10.2 Å². The van der Waals surface area contributed by atoms with Crippen molar-refractivity contribution in [2.45, 2.75) is 56.0 Å². The molecule has 3 aromatic carbocycles. The highest BCUT2D eigenvalue weighted by Gasteiger charge is 2.34. The average Bonchev–Trinajstić information content (AvgIpc) is 3.50. The lowest BCUT2D eigenvalue weighted by molar-refractivity contribution is -0.139. The molecule has 1 saturated carbocycles. The van der Waals surface area contributed by atoms with Crippen LogP contribution in [0.15, 0.2) is 89.8 Å². The van der Waals surface area contributed by atoms with Crippen LogP contribution in [0, 0.1) is 0 Å². The SMILES string of the molecule is COc1ccccc1N(CC(=O)N(CCc1ccccc1)C(C)C(=O)NC1CCCC1)S(=O)(=O)c1ccccc1. The molecule has 0 bridgehead atoms. The summed E-state index contributed by atoms with van der Waals surface area (Å²) in [7, 11) is -2.69. The van der Waals surface area contributed by atoms with Gasteiger partial charge in [-0.05, 0) is 56.0 Å². The van der Waals surface area contributed by atoms with Crippen LogP contribution >= 0.6 is 0 Å². The van der Waals surface area contributed by atoms with E-state index in [0.717, 1.165) is 35.6 Å². The second-order valence-electron chi connectivity index (χ2n) is 9.99. The Morgan fingerprint density at radius 3 is 2.17 bits per heavy atom. The first-order valence-electron chi connectivity index (χ1n) is 13.7. The third-order valence-corrected chi connectivity index (χ3v) is 9.09. The topological polar surface area (TPSA) is 96.0 Å². The lowest BCUT2D eigenvalue weighted by Gasteiger charge is -2.32. The first-order chi connectivity index (χ1) is 19.3. The van der Waals surface area contributed by atoms with Crippen LogP contribution in [0.25, 0.3) is 0 Å². The van der Waals surface area contributed by atoms with E-state index in [2.05, 4.69) is 5.32 Å². The van der Waals surface area contributed by atoms with E-state index in [1.165, 1.54) is 24.1 Å². The number of carbonyl (C=O) groups excluding carboxylic acids is 2. The zero-order valence-electron chi connectivity index (χ0n) is 23.0. The molecule has 0 radical (unpaired) electrons. The van der Waals surface area contributed by atoms with E-state index >= 15 is 0 Å². The van der Waals surface area contributed by atoms with E-state index < -0.39 is 28.5 Å². The molecule has 40 heavy (non-hydrogen) atoms. The maximum absolute atomic E-state index is 14.0. The number of anilines is 1. The van der Waals surface area contributed by atoms with E-state index in [1.807, 2.05) is 30.3 Å². The Morgan fingerprint density at radius 1 is 0.925 bits per heavy atom. The normalized spacial score (nSPS) is 14.3. The summed E-state index contributed by atoms with van der Waals surface area (Å²) in [5.74, 6) is -0.392. The van der Waals surface area contributed by atoms with Crippen molar-refractivity contribution in [3.8, 4) is 5.75 Å². The highest BCUT2D eigenvalue weighted by atomic mass is 32.2. The highest BCUT2D eigenvalue weighted by molar-refractivity contribution is 7.92. The molecule has 0 saturated heterocycles. The van der Waals surface area contributed by atoms with Crippen LogP contribution in [0.3, 0.4) is 0 Å². The van der Waals surface area contributed by atoms with Crippen molar-refractivity contribution >= 4 is 27.5 Å². The van der Waals surface area contributed by atoms with E-state index in [4.69, 9.17) is 4.74 Å². The van der Waals surface area contributed by atoms with Gasteiger partial charge < -0.3 is 15.0 Å². The molecule has 4 rings (SSSR count). The van der Waals surface area contributed by atoms with Gasteiger partial charge in [-0.3, -0.25) is 13.9 Å². The predicted molar refractivity (Wildman–Crippen MR) is 156 cm³/mol. The van der Waals surface area contributed by atoms with Crippen molar-refractivity contribution in [2.24, 2.45) is 0 Å². The van der Waals surface area contributed by atoms with Gasteiger partial charge >= 0.3 is 0 Å². The van der Waals surface area contributed by atoms with Crippen LogP contribution in [0.4, 0.5) is 5.69 Å². The molecule has 1 atom stereocenters. The van der Waals surface area contributed by atoms with Gasteiger partial charge in [0.25, 0.3) is 10.0 Å². The van der Waals surface area contributed by atoms with Gasteiger partial charge in [-0.25, -0.2) is 8.42 Å². The molecule has 1 N–H and O–H groups in total. The zero-order valence-corrected chi connectivity index (χ0v) is 23.8. The maximum atomic E-state index is 14.0. The van der Waals surface area contributed by atoms with Crippen LogP contribution in [0.1, 0.15) is 38.2 Å². The first-order valence-corrected chi connectivity index (χ1v) is 15.1. The first kappa shape index (κ1) is 29.1. The van der Waals surface area contributed by atoms with Crippen LogP contribution in [0.5, 0.6) is 5.75 Å². The number of rotatable bonds is 12. The van der Waals surface area contributed by atoms with Gasteiger partial charge in [0.2, 0.25) is 11.8 Å². The summed E-state index contributed by atoms with van der Waals surface area (Å²) in [6.45, 7) is 1.47. The lowest BCUT2D eigenvalue weighted by atomic mass is 10.1. The highest BCUT2D eigenvalue weighted by Crippen LogP contribution is 2.32. The van der Waals surface area contributed by atoms with E-state index in [9.17, 15) is 18.0 Å². The summed E-state index contributed by atoms with van der Waals surface area (Å²) in [5.41, 5.74) is 1.26. The maximum Gasteiger partial charge on any atom is 0.264 e. The van der Waals surface area contributed by atoms with Gasteiger partial charge in [-0.2, -0.15) is 0 Å². The summed E-state index contributed by atoms with van der Waals surface area (Å²) < 4.78 is 34.3. The summed E-state index contributed by atoms with van der Waals surface area (Å²) in [6.07, 6.45) is 4.51. The largest absolute Gasteiger partial charge is 0.495 e. The fourth-order valence-electron chi connectivity index (χ4n) is 5.03. The molecular weight excluding hydrogens is 526 g/mol. The second-order valence-corrected chi connectivity index (χ2v) is 11.8.